The number of nitrogens with zero attached hydrogens (tertiary/aromatic N) is 2. The molecular formula is C14H23N3O2. The Morgan fingerprint density at radius 1 is 1.58 bits per heavy atom. The third-order valence-corrected chi connectivity index (χ3v) is 3.68. The molecule has 5 heteroatoms. The van der Waals surface area contributed by atoms with Gasteiger partial charge in [-0.25, -0.2) is 0 Å². The van der Waals surface area contributed by atoms with Gasteiger partial charge in [-0.1, -0.05) is 13.8 Å². The summed E-state index contributed by atoms with van der Waals surface area (Å²) in [6.07, 6.45) is 1.42. The monoisotopic (exact) mass is 265 g/mol. The molecule has 2 rings (SSSR count). The van der Waals surface area contributed by atoms with Gasteiger partial charge in [0.05, 0.1) is 11.8 Å². The predicted molar refractivity (Wildman–Crippen MR) is 73.1 cm³/mol. The molecule has 0 saturated heterocycles. The summed E-state index contributed by atoms with van der Waals surface area (Å²) in [5.41, 5.74) is 1.58. The van der Waals surface area contributed by atoms with Crippen LogP contribution in [0.3, 0.4) is 0 Å². The average Bonchev–Trinajstić information content (AvgIpc) is 2.77. The fourth-order valence-corrected chi connectivity index (χ4v) is 2.34. The molecule has 2 N–H and O–H groups in total. The van der Waals surface area contributed by atoms with Crippen LogP contribution in [0.1, 0.15) is 55.7 Å². The van der Waals surface area contributed by atoms with E-state index in [4.69, 9.17) is 0 Å². The van der Waals surface area contributed by atoms with Crippen molar-refractivity contribution in [2.45, 2.75) is 52.2 Å². The molecule has 1 heterocycles. The second-order valence-corrected chi connectivity index (χ2v) is 5.63. The summed E-state index contributed by atoms with van der Waals surface area (Å²) in [7, 11) is 0. The van der Waals surface area contributed by atoms with E-state index in [1.807, 2.05) is 13.0 Å². The second kappa shape index (κ2) is 5.74. The Hall–Kier alpha value is -1.36. The number of hydrogen-bond acceptors (Lipinski definition) is 3. The molecule has 106 valence electrons. The Balaban J connectivity index is 1.97. The maximum absolute atomic E-state index is 12.2. The van der Waals surface area contributed by atoms with Crippen molar-refractivity contribution in [2.75, 3.05) is 6.54 Å². The molecule has 0 spiro atoms. The first-order valence-electron chi connectivity index (χ1n) is 7.05. The molecule has 1 aromatic heterocycles. The molecule has 1 aromatic rings. The molecule has 0 atom stereocenters. The van der Waals surface area contributed by atoms with Gasteiger partial charge in [0.15, 0.2) is 0 Å². The third-order valence-electron chi connectivity index (χ3n) is 3.68. The first-order chi connectivity index (χ1) is 9.01. The van der Waals surface area contributed by atoms with E-state index in [1.54, 1.807) is 4.68 Å². The largest absolute Gasteiger partial charge is 0.393 e. The van der Waals surface area contributed by atoms with Gasteiger partial charge in [0.25, 0.3) is 5.91 Å². The Morgan fingerprint density at radius 3 is 2.79 bits per heavy atom. The molecule has 19 heavy (non-hydrogen) atoms. The minimum Gasteiger partial charge on any atom is -0.393 e. The molecule has 1 aliphatic carbocycles. The van der Waals surface area contributed by atoms with Gasteiger partial charge in [0.2, 0.25) is 0 Å². The summed E-state index contributed by atoms with van der Waals surface area (Å²) < 4.78 is 1.75. The summed E-state index contributed by atoms with van der Waals surface area (Å²) in [6.45, 7) is 7.45. The van der Waals surface area contributed by atoms with Crippen molar-refractivity contribution in [1.29, 1.82) is 0 Å². The summed E-state index contributed by atoms with van der Waals surface area (Å²) in [4.78, 5) is 12.2. The number of hydrogen-bond donors (Lipinski definition) is 2. The lowest BCUT2D eigenvalue weighted by atomic mass is 9.82. The van der Waals surface area contributed by atoms with Gasteiger partial charge < -0.3 is 10.4 Å². The first kappa shape index (κ1) is 14.1. The van der Waals surface area contributed by atoms with Gasteiger partial charge in [-0.05, 0) is 37.7 Å². The highest BCUT2D eigenvalue weighted by atomic mass is 16.3. The lowest BCUT2D eigenvalue weighted by Gasteiger charge is -2.31. The van der Waals surface area contributed by atoms with E-state index < -0.39 is 0 Å². The highest BCUT2D eigenvalue weighted by Gasteiger charge is 2.27. The zero-order valence-electron chi connectivity index (χ0n) is 11.9. The normalized spacial score (nSPS) is 22.4. The fourth-order valence-electron chi connectivity index (χ4n) is 2.34. The average molecular weight is 265 g/mol. The molecule has 0 radical (unpaired) electrons. The minimum absolute atomic E-state index is 0.0670. The van der Waals surface area contributed by atoms with Crippen molar-refractivity contribution in [2.24, 2.45) is 5.92 Å². The van der Waals surface area contributed by atoms with Crippen LogP contribution in [0.25, 0.3) is 0 Å². The summed E-state index contributed by atoms with van der Waals surface area (Å²) in [5.74, 6) is 0.672. The molecule has 0 aromatic carbocycles. The van der Waals surface area contributed by atoms with Crippen molar-refractivity contribution >= 4 is 5.91 Å². The molecule has 0 aliphatic heterocycles. The maximum atomic E-state index is 12.2. The number of carbonyl (C=O) groups is 1. The van der Waals surface area contributed by atoms with Crippen LogP contribution in [0.4, 0.5) is 0 Å². The van der Waals surface area contributed by atoms with Gasteiger partial charge in [-0.3, -0.25) is 9.48 Å². The van der Waals surface area contributed by atoms with Crippen molar-refractivity contribution in [3.8, 4) is 0 Å². The standard InChI is InChI=1S/C14H23N3O2/c1-4-17-13(7-12(16-17)9(2)3)14(19)15-8-10-5-11(18)6-10/h7,9-11,18H,4-6,8H2,1-3H3,(H,15,19). The van der Waals surface area contributed by atoms with Gasteiger partial charge >= 0.3 is 0 Å². The first-order valence-corrected chi connectivity index (χ1v) is 7.05. The lowest BCUT2D eigenvalue weighted by Crippen LogP contribution is -2.38. The minimum atomic E-state index is -0.171. The summed E-state index contributed by atoms with van der Waals surface area (Å²) >= 11 is 0. The van der Waals surface area contributed by atoms with Crippen molar-refractivity contribution in [3.63, 3.8) is 0 Å². The second-order valence-electron chi connectivity index (χ2n) is 5.63. The number of aryl methyl sites for hydroxylation is 1. The number of aliphatic hydroxyl groups is 1. The Bertz CT molecular complexity index is 448. The number of amides is 1. The summed E-state index contributed by atoms with van der Waals surface area (Å²) in [6, 6.07) is 1.87. The van der Waals surface area contributed by atoms with E-state index in [9.17, 15) is 9.90 Å². The van der Waals surface area contributed by atoms with E-state index in [0.29, 0.717) is 30.6 Å². The molecule has 0 bridgehead atoms. The molecule has 1 amide bonds. The van der Waals surface area contributed by atoms with Crippen LogP contribution in [0, 0.1) is 5.92 Å². The highest BCUT2D eigenvalue weighted by molar-refractivity contribution is 5.92. The topological polar surface area (TPSA) is 67.2 Å². The van der Waals surface area contributed by atoms with E-state index in [0.717, 1.165) is 18.5 Å². The number of aliphatic hydroxyl groups excluding tert-OH is 1. The third kappa shape index (κ3) is 3.15. The smallest absolute Gasteiger partial charge is 0.269 e. The summed E-state index contributed by atoms with van der Waals surface area (Å²) in [5, 5.41) is 16.6. The van der Waals surface area contributed by atoms with Crippen LogP contribution in [-0.2, 0) is 6.54 Å². The van der Waals surface area contributed by atoms with E-state index in [1.165, 1.54) is 0 Å². The maximum Gasteiger partial charge on any atom is 0.269 e. The van der Waals surface area contributed by atoms with Crippen LogP contribution in [-0.4, -0.2) is 33.4 Å². The predicted octanol–water partition coefficient (Wildman–Crippen LogP) is 1.53. The van der Waals surface area contributed by atoms with E-state index in [-0.39, 0.29) is 12.0 Å². The Labute approximate surface area is 114 Å². The molecular weight excluding hydrogens is 242 g/mol. The molecule has 0 unspecified atom stereocenters. The zero-order chi connectivity index (χ0) is 14.0. The zero-order valence-corrected chi connectivity index (χ0v) is 11.9. The van der Waals surface area contributed by atoms with Crippen LogP contribution in [0.5, 0.6) is 0 Å². The van der Waals surface area contributed by atoms with Gasteiger partial charge in [-0.15, -0.1) is 0 Å². The van der Waals surface area contributed by atoms with Crippen LogP contribution < -0.4 is 5.32 Å². The van der Waals surface area contributed by atoms with Gasteiger partial charge in [0.1, 0.15) is 5.69 Å². The van der Waals surface area contributed by atoms with Crippen LogP contribution in [0.2, 0.25) is 0 Å². The van der Waals surface area contributed by atoms with Crippen molar-refractivity contribution < 1.29 is 9.90 Å². The SMILES string of the molecule is CCn1nc(C(C)C)cc1C(=O)NCC1CC(O)C1. The van der Waals surface area contributed by atoms with E-state index >= 15 is 0 Å². The lowest BCUT2D eigenvalue weighted by molar-refractivity contribution is 0.0419. The number of aromatic nitrogens is 2. The fraction of sp³-hybridized carbons (Fsp3) is 0.714. The molecule has 1 aliphatic rings. The van der Waals surface area contributed by atoms with E-state index in [2.05, 4.69) is 24.3 Å². The van der Waals surface area contributed by atoms with Crippen LogP contribution in [0.15, 0.2) is 6.07 Å². The quantitative estimate of drug-likeness (QED) is 0.848. The van der Waals surface area contributed by atoms with Crippen LogP contribution >= 0.6 is 0 Å². The number of rotatable bonds is 5. The van der Waals surface area contributed by atoms with Crippen molar-refractivity contribution in [1.82, 2.24) is 15.1 Å². The van der Waals surface area contributed by atoms with Crippen molar-refractivity contribution in [3.05, 3.63) is 17.5 Å². The van der Waals surface area contributed by atoms with Gasteiger partial charge in [0, 0.05) is 13.1 Å². The molecule has 1 fully saturated rings. The number of nitrogens with one attached hydrogen (secondary N) is 1. The highest BCUT2D eigenvalue weighted by Crippen LogP contribution is 2.26. The van der Waals surface area contributed by atoms with Gasteiger partial charge in [-0.2, -0.15) is 5.10 Å². The number of carbonyl (C=O) groups excluding carboxylic acids is 1. The Kier molecular flexibility index (Phi) is 4.24. The molecule has 1 saturated carbocycles. The molecule has 5 nitrogen and oxygen atoms in total. The Morgan fingerprint density at radius 2 is 2.26 bits per heavy atom.